The van der Waals surface area contributed by atoms with E-state index in [0.717, 1.165) is 17.3 Å². The molecule has 2 aromatic rings. The van der Waals surface area contributed by atoms with Gasteiger partial charge in [-0.3, -0.25) is 14.5 Å². The van der Waals surface area contributed by atoms with Gasteiger partial charge in [0.1, 0.15) is 16.8 Å². The molecule has 0 saturated carbocycles. The first-order valence-corrected chi connectivity index (χ1v) is 10.6. The van der Waals surface area contributed by atoms with Gasteiger partial charge >= 0.3 is 0 Å². The quantitative estimate of drug-likeness (QED) is 0.681. The topological polar surface area (TPSA) is 61.8 Å². The Bertz CT molecular complexity index is 922. The van der Waals surface area contributed by atoms with E-state index in [2.05, 4.69) is 10.3 Å². The molecule has 30 heavy (non-hydrogen) atoms. The number of benzene rings is 2. The number of nitrogens with zero attached hydrogens (tertiary/aromatic N) is 2. The van der Waals surface area contributed by atoms with Crippen LogP contribution in [0.1, 0.15) is 25.3 Å². The van der Waals surface area contributed by atoms with Crippen molar-refractivity contribution in [3.8, 4) is 0 Å². The minimum absolute atomic E-state index is 0.0334. The largest absolute Gasteiger partial charge is 0.352 e. The number of halogens is 2. The second kappa shape index (κ2) is 10.3. The number of carbonyl (C=O) groups is 2. The summed E-state index contributed by atoms with van der Waals surface area (Å²) in [5, 5.41) is 2.41. The van der Waals surface area contributed by atoms with Crippen molar-refractivity contribution in [2.24, 2.45) is 4.99 Å². The van der Waals surface area contributed by atoms with Crippen molar-refractivity contribution in [2.75, 3.05) is 6.54 Å². The van der Waals surface area contributed by atoms with E-state index in [1.54, 1.807) is 12.1 Å². The van der Waals surface area contributed by atoms with Gasteiger partial charge in [-0.1, -0.05) is 54.2 Å². The van der Waals surface area contributed by atoms with Crippen LogP contribution >= 0.6 is 11.8 Å². The van der Waals surface area contributed by atoms with Crippen LogP contribution in [0.5, 0.6) is 0 Å². The summed E-state index contributed by atoms with van der Waals surface area (Å²) in [5.41, 5.74) is 1.05. The van der Waals surface area contributed by atoms with Crippen LogP contribution in [0, 0.1) is 5.82 Å². The number of hydrogen-bond acceptors (Lipinski definition) is 4. The lowest BCUT2D eigenvalue weighted by Gasteiger charge is -2.17. The smallest absolute Gasteiger partial charge is 0.242 e. The molecule has 158 valence electrons. The lowest BCUT2D eigenvalue weighted by Crippen LogP contribution is -2.35. The number of carbonyl (C=O) groups excluding carboxylic acids is 2. The molecule has 1 fully saturated rings. The molecule has 2 atom stereocenters. The van der Waals surface area contributed by atoms with Crippen molar-refractivity contribution in [3.05, 3.63) is 66.0 Å². The Morgan fingerprint density at radius 1 is 1.20 bits per heavy atom. The first-order valence-electron chi connectivity index (χ1n) is 9.70. The van der Waals surface area contributed by atoms with E-state index in [1.165, 1.54) is 24.0 Å². The Labute approximate surface area is 178 Å². The molecule has 2 unspecified atom stereocenters. The van der Waals surface area contributed by atoms with Crippen molar-refractivity contribution >= 4 is 34.4 Å². The molecule has 0 aliphatic carbocycles. The summed E-state index contributed by atoms with van der Waals surface area (Å²) in [6.45, 7) is 1.90. The maximum atomic E-state index is 14.0. The third-order valence-corrected chi connectivity index (χ3v) is 5.72. The van der Waals surface area contributed by atoms with E-state index in [9.17, 15) is 18.4 Å². The molecule has 0 aromatic heterocycles. The van der Waals surface area contributed by atoms with E-state index >= 15 is 0 Å². The van der Waals surface area contributed by atoms with E-state index in [-0.39, 0.29) is 42.1 Å². The lowest BCUT2D eigenvalue weighted by atomic mass is 10.2. The predicted molar refractivity (Wildman–Crippen MR) is 115 cm³/mol. The van der Waals surface area contributed by atoms with Gasteiger partial charge in [0.25, 0.3) is 0 Å². The minimum Gasteiger partial charge on any atom is -0.352 e. The minimum atomic E-state index is -1.09. The van der Waals surface area contributed by atoms with Gasteiger partial charge in [-0.25, -0.2) is 13.8 Å². The molecule has 1 saturated heterocycles. The van der Waals surface area contributed by atoms with Gasteiger partial charge < -0.3 is 5.32 Å². The number of para-hydroxylation sites is 1. The van der Waals surface area contributed by atoms with Crippen molar-refractivity contribution in [1.82, 2.24) is 10.2 Å². The Kier molecular flexibility index (Phi) is 7.57. The highest BCUT2D eigenvalue weighted by Gasteiger charge is 2.39. The molecule has 2 amide bonds. The third-order valence-electron chi connectivity index (χ3n) is 4.54. The Morgan fingerprint density at radius 2 is 1.90 bits per heavy atom. The SMILES string of the molecule is CC(F)CCN1C(=O)C(CC(=O)NCc2ccccc2)SC1=Nc1ccccc1F. The number of hydrogen-bond donors (Lipinski definition) is 1. The summed E-state index contributed by atoms with van der Waals surface area (Å²) in [5.74, 6) is -1.10. The zero-order chi connectivity index (χ0) is 21.5. The molecule has 5 nitrogen and oxygen atoms in total. The van der Waals surface area contributed by atoms with Gasteiger partial charge in [0, 0.05) is 19.5 Å². The molecule has 0 bridgehead atoms. The van der Waals surface area contributed by atoms with E-state index < -0.39 is 17.2 Å². The van der Waals surface area contributed by atoms with Gasteiger partial charge in [0.2, 0.25) is 11.8 Å². The first-order chi connectivity index (χ1) is 14.4. The average Bonchev–Trinajstić information content (AvgIpc) is 3.01. The molecule has 1 heterocycles. The number of nitrogens with one attached hydrogen (secondary N) is 1. The summed E-state index contributed by atoms with van der Waals surface area (Å²) in [6.07, 6.45) is -0.991. The van der Waals surface area contributed by atoms with Crippen LogP contribution in [-0.2, 0) is 16.1 Å². The highest BCUT2D eigenvalue weighted by atomic mass is 32.2. The molecule has 8 heteroatoms. The number of amidine groups is 1. The summed E-state index contributed by atoms with van der Waals surface area (Å²) in [7, 11) is 0. The molecule has 1 aliphatic rings. The fourth-order valence-corrected chi connectivity index (χ4v) is 4.10. The van der Waals surface area contributed by atoms with Crippen LogP contribution in [0.25, 0.3) is 0 Å². The summed E-state index contributed by atoms with van der Waals surface area (Å²) in [6, 6.07) is 15.4. The number of amides is 2. The molecule has 1 aliphatic heterocycles. The van der Waals surface area contributed by atoms with Crippen LogP contribution < -0.4 is 5.32 Å². The van der Waals surface area contributed by atoms with Crippen LogP contribution in [0.15, 0.2) is 59.6 Å². The summed E-state index contributed by atoms with van der Waals surface area (Å²) < 4.78 is 27.4. The van der Waals surface area contributed by atoms with E-state index in [0.29, 0.717) is 6.54 Å². The molecular formula is C22H23F2N3O2S. The van der Waals surface area contributed by atoms with E-state index in [4.69, 9.17) is 0 Å². The van der Waals surface area contributed by atoms with Crippen LogP contribution in [0.3, 0.4) is 0 Å². The van der Waals surface area contributed by atoms with Gasteiger partial charge in [-0.15, -0.1) is 0 Å². The van der Waals surface area contributed by atoms with Crippen LogP contribution in [-0.4, -0.2) is 39.8 Å². The highest BCUT2D eigenvalue weighted by molar-refractivity contribution is 8.15. The highest BCUT2D eigenvalue weighted by Crippen LogP contribution is 2.32. The number of aliphatic imine (C=N–C) groups is 1. The van der Waals surface area contributed by atoms with Crippen molar-refractivity contribution in [2.45, 2.75) is 37.7 Å². The fourth-order valence-electron chi connectivity index (χ4n) is 2.92. The van der Waals surface area contributed by atoms with Crippen molar-refractivity contribution in [3.63, 3.8) is 0 Å². The van der Waals surface area contributed by atoms with Crippen LogP contribution in [0.2, 0.25) is 0 Å². The molecule has 0 radical (unpaired) electrons. The Balaban J connectivity index is 1.70. The van der Waals surface area contributed by atoms with Gasteiger partial charge in [0.05, 0.1) is 6.17 Å². The van der Waals surface area contributed by atoms with Gasteiger partial charge in [-0.05, 0) is 31.0 Å². The molecule has 0 spiro atoms. The first kappa shape index (κ1) is 22.0. The molecule has 3 rings (SSSR count). The second-order valence-corrected chi connectivity index (χ2v) is 8.15. The summed E-state index contributed by atoms with van der Waals surface area (Å²) >= 11 is 1.11. The van der Waals surface area contributed by atoms with Crippen molar-refractivity contribution in [1.29, 1.82) is 0 Å². The maximum absolute atomic E-state index is 14.0. The van der Waals surface area contributed by atoms with Crippen LogP contribution in [0.4, 0.5) is 14.5 Å². The molecule has 1 N–H and O–H groups in total. The Hall–Kier alpha value is -2.74. The zero-order valence-corrected chi connectivity index (χ0v) is 17.4. The standard InChI is InChI=1S/C22H23F2N3O2S/c1-15(23)11-12-27-21(29)19(13-20(28)25-14-16-7-3-2-4-8-16)30-22(27)26-18-10-6-5-9-17(18)24/h2-10,15,19H,11-14H2,1H3,(H,25,28). The van der Waals surface area contributed by atoms with Crippen molar-refractivity contribution < 1.29 is 18.4 Å². The number of thioether (sulfide) groups is 1. The lowest BCUT2D eigenvalue weighted by molar-refractivity contribution is -0.129. The monoisotopic (exact) mass is 431 g/mol. The number of rotatable bonds is 8. The van der Waals surface area contributed by atoms with Gasteiger partial charge in [0.15, 0.2) is 5.17 Å². The van der Waals surface area contributed by atoms with E-state index in [1.807, 2.05) is 30.3 Å². The molecular weight excluding hydrogens is 408 g/mol. The Morgan fingerprint density at radius 3 is 2.60 bits per heavy atom. The second-order valence-electron chi connectivity index (χ2n) is 6.98. The third kappa shape index (κ3) is 5.89. The zero-order valence-electron chi connectivity index (χ0n) is 16.6. The summed E-state index contributed by atoms with van der Waals surface area (Å²) in [4.78, 5) is 30.8. The van der Waals surface area contributed by atoms with Gasteiger partial charge in [-0.2, -0.15) is 0 Å². The predicted octanol–water partition coefficient (Wildman–Crippen LogP) is 4.21. The normalized spacial score (nSPS) is 18.6. The fraction of sp³-hybridized carbons (Fsp3) is 0.318. The molecule has 2 aromatic carbocycles. The average molecular weight is 432 g/mol. The number of alkyl halides is 1. The maximum Gasteiger partial charge on any atom is 0.242 e.